The van der Waals surface area contributed by atoms with Gasteiger partial charge in [-0.2, -0.15) is 22.0 Å². The summed E-state index contributed by atoms with van der Waals surface area (Å²) in [5, 5.41) is 18.3. The van der Waals surface area contributed by atoms with Gasteiger partial charge in [-0.25, -0.2) is 14.6 Å². The average Bonchev–Trinajstić information content (AvgIpc) is 2.58. The number of nitrogens with one attached hydrogen (secondary N) is 1. The molecule has 0 atom stereocenters. The Bertz CT molecular complexity index is 612. The first-order valence-corrected chi connectivity index (χ1v) is 7.12. The van der Waals surface area contributed by atoms with Crippen LogP contribution < -0.4 is 5.32 Å². The molecule has 0 aliphatic heterocycles. The topological polar surface area (TPSA) is 118 Å². The van der Waals surface area contributed by atoms with E-state index in [0.717, 1.165) is 6.07 Å². The molecule has 0 aliphatic carbocycles. The van der Waals surface area contributed by atoms with Crippen molar-refractivity contribution in [2.24, 2.45) is 0 Å². The Morgan fingerprint density at radius 2 is 1.67 bits per heavy atom. The molecule has 0 aromatic carbocycles. The molecular formula is C14H17F5N2O6. The van der Waals surface area contributed by atoms with Crippen molar-refractivity contribution in [3.63, 3.8) is 0 Å². The molecule has 0 radical (unpaired) electrons. The van der Waals surface area contributed by atoms with Crippen molar-refractivity contribution >= 4 is 17.8 Å². The molecule has 13 heteroatoms. The third-order valence-electron chi connectivity index (χ3n) is 2.57. The summed E-state index contributed by atoms with van der Waals surface area (Å²) in [6.45, 7) is 1.62. The molecule has 0 amide bonds. The van der Waals surface area contributed by atoms with Gasteiger partial charge < -0.3 is 25.0 Å². The first-order valence-electron chi connectivity index (χ1n) is 7.12. The average molecular weight is 404 g/mol. The van der Waals surface area contributed by atoms with Gasteiger partial charge >= 0.3 is 24.0 Å². The molecule has 1 aromatic rings. The Morgan fingerprint density at radius 1 is 1.07 bits per heavy atom. The highest BCUT2D eigenvalue weighted by atomic mass is 19.4. The van der Waals surface area contributed by atoms with Gasteiger partial charge in [-0.05, 0) is 12.1 Å². The van der Waals surface area contributed by atoms with Crippen molar-refractivity contribution in [1.29, 1.82) is 0 Å². The number of nitrogens with zero attached hydrogens (tertiary/aromatic N) is 1. The predicted molar refractivity (Wildman–Crippen MR) is 80.6 cm³/mol. The number of alkyl halides is 5. The highest BCUT2D eigenvalue weighted by Gasteiger charge is 2.42. The van der Waals surface area contributed by atoms with Crippen molar-refractivity contribution in [2.75, 3.05) is 38.8 Å². The Kier molecular flexibility index (Phi) is 10.2. The van der Waals surface area contributed by atoms with Gasteiger partial charge in [0.2, 0.25) is 0 Å². The van der Waals surface area contributed by atoms with Gasteiger partial charge in [0.1, 0.15) is 11.5 Å². The van der Waals surface area contributed by atoms with Gasteiger partial charge in [-0.15, -0.1) is 0 Å². The van der Waals surface area contributed by atoms with E-state index in [0.29, 0.717) is 26.4 Å². The number of ether oxygens (including phenoxy) is 2. The predicted octanol–water partition coefficient (Wildman–Crippen LogP) is 1.97. The number of hydrogen-bond acceptors (Lipinski definition) is 6. The highest BCUT2D eigenvalue weighted by Crippen LogP contribution is 2.27. The summed E-state index contributed by atoms with van der Waals surface area (Å²) in [5.41, 5.74) is -0.810. The number of carboxylic acids is 2. The van der Waals surface area contributed by atoms with E-state index < -0.39 is 29.7 Å². The molecule has 0 fully saturated rings. The minimum absolute atomic E-state index is 0.166. The molecule has 0 spiro atoms. The van der Waals surface area contributed by atoms with E-state index in [9.17, 15) is 26.7 Å². The van der Waals surface area contributed by atoms with Crippen molar-refractivity contribution in [3.05, 3.63) is 23.9 Å². The van der Waals surface area contributed by atoms with E-state index in [-0.39, 0.29) is 5.82 Å². The smallest absolute Gasteiger partial charge is 0.476 e. The van der Waals surface area contributed by atoms with Crippen LogP contribution in [0.25, 0.3) is 0 Å². The van der Waals surface area contributed by atoms with Crippen molar-refractivity contribution < 1.29 is 51.2 Å². The SMILES string of the molecule is COCCOCCNc1cccc(C(F)(F)C(=O)O)n1.O=C(O)C(F)(F)F. The number of carbonyl (C=O) groups is 2. The van der Waals surface area contributed by atoms with Crippen LogP contribution in [-0.4, -0.2) is 66.8 Å². The number of carboxylic acid groups (broad SMARTS) is 2. The van der Waals surface area contributed by atoms with Gasteiger partial charge in [-0.1, -0.05) is 6.07 Å². The van der Waals surface area contributed by atoms with Crippen LogP contribution in [0.15, 0.2) is 18.2 Å². The third kappa shape index (κ3) is 9.65. The first-order chi connectivity index (χ1) is 12.4. The largest absolute Gasteiger partial charge is 0.490 e. The van der Waals surface area contributed by atoms with Gasteiger partial charge in [0.15, 0.2) is 0 Å². The van der Waals surface area contributed by atoms with Gasteiger partial charge in [-0.3, -0.25) is 0 Å². The zero-order chi connectivity index (χ0) is 21.1. The molecule has 8 nitrogen and oxygen atoms in total. The van der Waals surface area contributed by atoms with Crippen LogP contribution in [0.1, 0.15) is 5.69 Å². The number of pyridine rings is 1. The molecule has 154 valence electrons. The van der Waals surface area contributed by atoms with Crippen LogP contribution in [-0.2, 0) is 25.0 Å². The first kappa shape index (κ1) is 24.5. The zero-order valence-electron chi connectivity index (χ0n) is 13.9. The number of aliphatic carboxylic acids is 2. The zero-order valence-corrected chi connectivity index (χ0v) is 13.9. The number of hydrogen-bond donors (Lipinski definition) is 3. The molecule has 0 bridgehead atoms. The van der Waals surface area contributed by atoms with Crippen molar-refractivity contribution in [2.45, 2.75) is 12.1 Å². The molecule has 27 heavy (non-hydrogen) atoms. The summed E-state index contributed by atoms with van der Waals surface area (Å²) in [6, 6.07) is 3.75. The molecule has 1 aromatic heterocycles. The summed E-state index contributed by atoms with van der Waals surface area (Å²) in [5.74, 6) is -8.83. The Balaban J connectivity index is 0.000000821. The molecule has 1 rings (SSSR count). The maximum atomic E-state index is 13.3. The number of halogens is 5. The van der Waals surface area contributed by atoms with E-state index in [4.69, 9.17) is 24.5 Å². The lowest BCUT2D eigenvalue weighted by Crippen LogP contribution is -2.27. The van der Waals surface area contributed by atoms with E-state index in [1.807, 2.05) is 0 Å². The van der Waals surface area contributed by atoms with Crippen LogP contribution in [0.4, 0.5) is 27.8 Å². The summed E-state index contributed by atoms with van der Waals surface area (Å²) in [4.78, 5) is 22.9. The molecule has 0 aliphatic rings. The van der Waals surface area contributed by atoms with Crippen LogP contribution in [0.3, 0.4) is 0 Å². The third-order valence-corrected chi connectivity index (χ3v) is 2.57. The van der Waals surface area contributed by atoms with Crippen LogP contribution in [0.2, 0.25) is 0 Å². The molecular weight excluding hydrogens is 387 g/mol. The quantitative estimate of drug-likeness (QED) is 0.422. The van der Waals surface area contributed by atoms with Gasteiger partial charge in [0.25, 0.3) is 0 Å². The maximum absolute atomic E-state index is 13.3. The molecule has 1 heterocycles. The number of methoxy groups -OCH3 is 1. The maximum Gasteiger partial charge on any atom is 0.490 e. The summed E-state index contributed by atoms with van der Waals surface area (Å²) < 4.78 is 68.2. The molecule has 0 saturated carbocycles. The van der Waals surface area contributed by atoms with Gasteiger partial charge in [0.05, 0.1) is 19.8 Å². The second-order valence-corrected chi connectivity index (χ2v) is 4.62. The Morgan fingerprint density at radius 3 is 2.15 bits per heavy atom. The minimum Gasteiger partial charge on any atom is -0.476 e. The van der Waals surface area contributed by atoms with Gasteiger partial charge in [0, 0.05) is 13.7 Å². The van der Waals surface area contributed by atoms with E-state index in [1.165, 1.54) is 12.1 Å². The standard InChI is InChI=1S/C12H16F2N2O4.C2HF3O2/c1-19-7-8-20-6-5-15-10-4-2-3-9(16-10)12(13,14)11(17)18;3-2(4,5)1(6)7/h2-4H,5-8H2,1H3,(H,15,16)(H,17,18);(H,6,7). The number of rotatable bonds is 9. The van der Waals surface area contributed by atoms with Crippen LogP contribution >= 0.6 is 0 Å². The van der Waals surface area contributed by atoms with Crippen molar-refractivity contribution in [3.8, 4) is 0 Å². The normalized spacial score (nSPS) is 11.3. The summed E-state index contributed by atoms with van der Waals surface area (Å²) >= 11 is 0. The van der Waals surface area contributed by atoms with E-state index in [1.54, 1.807) is 7.11 Å². The lowest BCUT2D eigenvalue weighted by Gasteiger charge is -2.12. The fourth-order valence-electron chi connectivity index (χ4n) is 1.31. The number of anilines is 1. The monoisotopic (exact) mass is 404 g/mol. The van der Waals surface area contributed by atoms with Crippen LogP contribution in [0.5, 0.6) is 0 Å². The molecule has 0 unspecified atom stereocenters. The van der Waals surface area contributed by atoms with Crippen molar-refractivity contribution in [1.82, 2.24) is 4.98 Å². The summed E-state index contributed by atoms with van der Waals surface area (Å²) in [6.07, 6.45) is -5.08. The Hall–Kier alpha value is -2.54. The lowest BCUT2D eigenvalue weighted by molar-refractivity contribution is -0.192. The second kappa shape index (κ2) is 11.2. The fourth-order valence-corrected chi connectivity index (χ4v) is 1.31. The summed E-state index contributed by atoms with van der Waals surface area (Å²) in [7, 11) is 1.56. The number of aromatic nitrogens is 1. The van der Waals surface area contributed by atoms with E-state index >= 15 is 0 Å². The highest BCUT2D eigenvalue weighted by molar-refractivity contribution is 5.76. The Labute approximate surface area is 149 Å². The minimum atomic E-state index is -5.08. The lowest BCUT2D eigenvalue weighted by atomic mass is 10.2. The molecule has 0 saturated heterocycles. The van der Waals surface area contributed by atoms with E-state index in [2.05, 4.69) is 10.3 Å². The fraction of sp³-hybridized carbons (Fsp3) is 0.500. The van der Waals surface area contributed by atoms with Crippen LogP contribution in [0, 0.1) is 0 Å². The molecule has 3 N–H and O–H groups in total. The second-order valence-electron chi connectivity index (χ2n) is 4.62.